The van der Waals surface area contributed by atoms with E-state index in [1.54, 1.807) is 11.3 Å². The van der Waals surface area contributed by atoms with Gasteiger partial charge in [-0.2, -0.15) is 0 Å². The number of hydrogen-bond acceptors (Lipinski definition) is 10. The van der Waals surface area contributed by atoms with E-state index in [1.807, 2.05) is 38.2 Å². The van der Waals surface area contributed by atoms with Gasteiger partial charge in [-0.25, -0.2) is 9.97 Å². The van der Waals surface area contributed by atoms with Crippen LogP contribution in [0.1, 0.15) is 35.2 Å². The van der Waals surface area contributed by atoms with Gasteiger partial charge in [0.05, 0.1) is 27.8 Å². The van der Waals surface area contributed by atoms with Gasteiger partial charge in [-0.15, -0.1) is 11.3 Å². The van der Waals surface area contributed by atoms with Gasteiger partial charge in [0.15, 0.2) is 0 Å². The minimum absolute atomic E-state index is 0.0203. The predicted octanol–water partition coefficient (Wildman–Crippen LogP) is 1.28. The van der Waals surface area contributed by atoms with Gasteiger partial charge < -0.3 is 15.5 Å². The topological polar surface area (TPSA) is 110 Å². The first-order chi connectivity index (χ1) is 18.0. The quantitative estimate of drug-likeness (QED) is 0.395. The minimum atomic E-state index is -0.387. The molecule has 3 aromatic rings. The number of thiazole rings is 1. The average molecular weight is 522 g/mol. The van der Waals surface area contributed by atoms with Crippen LogP contribution in [-0.2, 0) is 4.79 Å². The van der Waals surface area contributed by atoms with Crippen molar-refractivity contribution in [3.05, 3.63) is 46.9 Å². The molecule has 0 bridgehead atoms. The van der Waals surface area contributed by atoms with Crippen molar-refractivity contribution in [3.63, 3.8) is 0 Å². The first kappa shape index (κ1) is 24.6. The summed E-state index contributed by atoms with van der Waals surface area (Å²) in [4.78, 5) is 32.3. The van der Waals surface area contributed by atoms with Crippen LogP contribution >= 0.6 is 11.3 Å². The van der Waals surface area contributed by atoms with Crippen LogP contribution in [-0.4, -0.2) is 83.5 Å². The van der Waals surface area contributed by atoms with Crippen molar-refractivity contribution in [2.75, 3.05) is 44.2 Å². The molecule has 3 aliphatic rings. The van der Waals surface area contributed by atoms with Crippen LogP contribution in [0.5, 0.6) is 0 Å². The molecule has 0 radical (unpaired) electrons. The summed E-state index contributed by atoms with van der Waals surface area (Å²) in [6.07, 6.45) is 3.60. The molecule has 2 aromatic heterocycles. The van der Waals surface area contributed by atoms with Crippen LogP contribution in [0, 0.1) is 13.8 Å². The number of rotatable bonds is 5. The summed E-state index contributed by atoms with van der Waals surface area (Å²) in [6.45, 7) is 9.24. The summed E-state index contributed by atoms with van der Waals surface area (Å²) >= 11 is 1.61. The smallest absolute Gasteiger partial charge is 0.235 e. The molecule has 3 unspecified atom stereocenters. The van der Waals surface area contributed by atoms with Crippen molar-refractivity contribution in [2.24, 2.45) is 0 Å². The molecule has 11 heteroatoms. The van der Waals surface area contributed by atoms with Crippen molar-refractivity contribution in [3.8, 4) is 0 Å². The number of nitrogens with zero attached hydrogens (tertiary/aromatic N) is 5. The Hall–Kier alpha value is -2.70. The van der Waals surface area contributed by atoms with Crippen LogP contribution < -0.4 is 26.2 Å². The Morgan fingerprint density at radius 1 is 1.11 bits per heavy atom. The fourth-order valence-corrected chi connectivity index (χ4v) is 6.67. The number of fused-ring (bicyclic) bond motifs is 1. The van der Waals surface area contributed by atoms with Crippen molar-refractivity contribution >= 4 is 33.3 Å². The summed E-state index contributed by atoms with van der Waals surface area (Å²) in [6, 6.07) is 8.41. The van der Waals surface area contributed by atoms with E-state index < -0.39 is 0 Å². The molecular weight excluding hydrogens is 486 g/mol. The first-order valence-electron chi connectivity index (χ1n) is 13.2. The summed E-state index contributed by atoms with van der Waals surface area (Å²) in [5.74, 6) is 0.592. The molecule has 4 N–H and O–H groups in total. The van der Waals surface area contributed by atoms with E-state index in [0.717, 1.165) is 84.5 Å². The van der Waals surface area contributed by atoms with Crippen molar-refractivity contribution in [1.29, 1.82) is 0 Å². The maximum atomic E-state index is 13.6. The molecule has 0 spiro atoms. The average Bonchev–Trinajstić information content (AvgIpc) is 3.34. The maximum Gasteiger partial charge on any atom is 0.235 e. The molecule has 0 saturated carbocycles. The van der Waals surface area contributed by atoms with Gasteiger partial charge in [0.1, 0.15) is 23.0 Å². The normalized spacial score (nSPS) is 27.4. The van der Waals surface area contributed by atoms with E-state index >= 15 is 0 Å². The number of piperidine rings is 1. The lowest BCUT2D eigenvalue weighted by Crippen LogP contribution is -2.72. The maximum absolute atomic E-state index is 13.6. The Kier molecular flexibility index (Phi) is 7.04. The lowest BCUT2D eigenvalue weighted by molar-refractivity contribution is -0.129. The molecular formula is C26H35N9OS. The van der Waals surface area contributed by atoms with Crippen molar-refractivity contribution in [1.82, 2.24) is 41.1 Å². The fourth-order valence-electron chi connectivity index (χ4n) is 5.57. The van der Waals surface area contributed by atoms with Gasteiger partial charge in [-0.3, -0.25) is 25.3 Å². The van der Waals surface area contributed by atoms with E-state index in [2.05, 4.69) is 42.1 Å². The third-order valence-electron chi connectivity index (χ3n) is 7.55. The summed E-state index contributed by atoms with van der Waals surface area (Å²) < 4.78 is 1.11. The Balaban J connectivity index is 1.19. The Labute approximate surface area is 221 Å². The third kappa shape index (κ3) is 5.19. The second-order valence-electron chi connectivity index (χ2n) is 10.2. The number of piperazine rings is 1. The highest BCUT2D eigenvalue weighted by molar-refractivity contribution is 7.18. The first-order valence-corrected chi connectivity index (χ1v) is 14.0. The molecule has 1 aromatic carbocycles. The van der Waals surface area contributed by atoms with Gasteiger partial charge in [0, 0.05) is 45.0 Å². The molecule has 37 heavy (non-hydrogen) atoms. The second-order valence-corrected chi connectivity index (χ2v) is 11.3. The van der Waals surface area contributed by atoms with E-state index in [0.29, 0.717) is 6.04 Å². The molecule has 3 aliphatic heterocycles. The van der Waals surface area contributed by atoms with Gasteiger partial charge in [-0.1, -0.05) is 12.1 Å². The molecule has 1 amide bonds. The fraction of sp³-hybridized carbons (Fsp3) is 0.538. The van der Waals surface area contributed by atoms with E-state index in [9.17, 15) is 4.79 Å². The van der Waals surface area contributed by atoms with Gasteiger partial charge in [-0.05, 0) is 45.4 Å². The van der Waals surface area contributed by atoms with Crippen LogP contribution in [0.4, 0.5) is 5.82 Å². The highest BCUT2D eigenvalue weighted by Gasteiger charge is 2.42. The Morgan fingerprint density at radius 2 is 1.95 bits per heavy atom. The largest absolute Gasteiger partial charge is 0.353 e. The molecule has 5 heterocycles. The van der Waals surface area contributed by atoms with Gasteiger partial charge in [0.25, 0.3) is 0 Å². The minimum Gasteiger partial charge on any atom is -0.353 e. The summed E-state index contributed by atoms with van der Waals surface area (Å²) in [5.41, 5.74) is 2.82. The van der Waals surface area contributed by atoms with Crippen LogP contribution in [0.3, 0.4) is 0 Å². The zero-order chi connectivity index (χ0) is 25.4. The van der Waals surface area contributed by atoms with Gasteiger partial charge >= 0.3 is 0 Å². The highest BCUT2D eigenvalue weighted by atomic mass is 32.1. The number of nitrogens with one attached hydrogen (secondary N) is 4. The number of carbonyl (C=O) groups is 1. The molecule has 196 valence electrons. The van der Waals surface area contributed by atoms with Crippen LogP contribution in [0.25, 0.3) is 10.2 Å². The zero-order valence-corrected chi connectivity index (χ0v) is 22.2. The van der Waals surface area contributed by atoms with Crippen molar-refractivity contribution in [2.45, 2.75) is 51.1 Å². The van der Waals surface area contributed by atoms with E-state index in [1.165, 1.54) is 0 Å². The molecule has 3 saturated heterocycles. The number of carbonyl (C=O) groups excluding carboxylic acids is 1. The summed E-state index contributed by atoms with van der Waals surface area (Å²) in [5, 5.41) is 15.1. The number of para-hydroxylation sites is 1. The van der Waals surface area contributed by atoms with Crippen LogP contribution in [0.15, 0.2) is 30.5 Å². The standard InChI is InChI=1S/C26H35N9OS/c1-16-14-28-17(2)23(29-16)34-10-12-35(13-11-34)26-32-22(30-18-6-5-9-27-15-18)21(24(36)33-26)25-31-19-7-3-4-8-20(19)37-25/h3-4,7-8,14,18,21-22,26-27,30,32H,5-6,9-13,15H2,1-2H3,(H,33,36)/t18-,21?,22?,26?/m1/s1. The molecule has 6 rings (SSSR count). The van der Waals surface area contributed by atoms with E-state index in [4.69, 9.17) is 9.97 Å². The highest BCUT2D eigenvalue weighted by Crippen LogP contribution is 2.31. The summed E-state index contributed by atoms with van der Waals surface area (Å²) in [7, 11) is 0. The SMILES string of the molecule is Cc1cnc(C)c(N2CCN(C3NC(=O)C(c4nc5ccccc5s4)C(N[C@@H]4CCCNC4)N3)CC2)n1. The van der Waals surface area contributed by atoms with Crippen molar-refractivity contribution < 1.29 is 4.79 Å². The van der Waals surface area contributed by atoms with Crippen LogP contribution in [0.2, 0.25) is 0 Å². The second kappa shape index (κ2) is 10.6. The number of amides is 1. The molecule has 3 fully saturated rings. The monoisotopic (exact) mass is 521 g/mol. The Morgan fingerprint density at radius 3 is 2.73 bits per heavy atom. The number of benzene rings is 1. The lowest BCUT2D eigenvalue weighted by atomic mass is 10.00. The zero-order valence-electron chi connectivity index (χ0n) is 21.4. The molecule has 0 aliphatic carbocycles. The third-order valence-corrected chi connectivity index (χ3v) is 8.67. The number of aromatic nitrogens is 3. The van der Waals surface area contributed by atoms with Gasteiger partial charge in [0.2, 0.25) is 5.91 Å². The Bertz CT molecular complexity index is 1220. The molecule has 10 nitrogen and oxygen atoms in total. The lowest BCUT2D eigenvalue weighted by Gasteiger charge is -2.46. The predicted molar refractivity (Wildman–Crippen MR) is 146 cm³/mol. The molecule has 4 atom stereocenters. The van der Waals surface area contributed by atoms with E-state index in [-0.39, 0.29) is 24.3 Å². The number of hydrogen-bond donors (Lipinski definition) is 4. The number of aryl methyl sites for hydroxylation is 2. The number of anilines is 1.